The molecule has 30 heavy (non-hydrogen) atoms. The summed E-state index contributed by atoms with van der Waals surface area (Å²) in [6.45, 7) is 2.78. The van der Waals surface area contributed by atoms with Gasteiger partial charge in [0.1, 0.15) is 27.8 Å². The van der Waals surface area contributed by atoms with Crippen LogP contribution >= 0.6 is 11.3 Å². The summed E-state index contributed by atoms with van der Waals surface area (Å²) in [6, 6.07) is 3.15. The topological polar surface area (TPSA) is 92.3 Å². The first-order chi connectivity index (χ1) is 14.3. The number of carbonyl (C=O) groups is 1. The molecule has 0 aliphatic carbocycles. The van der Waals surface area contributed by atoms with Gasteiger partial charge in [0.15, 0.2) is 5.13 Å². The predicted molar refractivity (Wildman–Crippen MR) is 116 cm³/mol. The quantitative estimate of drug-likeness (QED) is 0.674. The number of ether oxygens (including phenoxy) is 2. The van der Waals surface area contributed by atoms with Crippen LogP contribution in [0.25, 0.3) is 10.2 Å². The van der Waals surface area contributed by atoms with Crippen molar-refractivity contribution in [1.29, 1.82) is 0 Å². The average Bonchev–Trinajstić information content (AvgIpc) is 3.40. The fourth-order valence-electron chi connectivity index (χ4n) is 4.12. The van der Waals surface area contributed by atoms with E-state index in [-0.39, 0.29) is 5.91 Å². The van der Waals surface area contributed by atoms with Crippen LogP contribution in [0.5, 0.6) is 11.5 Å². The molecule has 1 aromatic carbocycles. The van der Waals surface area contributed by atoms with Gasteiger partial charge in [-0.05, 0) is 25.0 Å². The molecule has 11 heteroatoms. The van der Waals surface area contributed by atoms with E-state index in [1.165, 1.54) is 10.6 Å². The standard InChI is InChI=1S/C19H26N4O5S2/c1-27-14-6-7-15(28-2)17-16(14)20-19(29-17)22-11-9-21(10-12-22)18(24)13-5-4-8-23(13)30(3,25)26/h6-7,13H,4-5,8-12H2,1-3H3. The van der Waals surface area contributed by atoms with Gasteiger partial charge in [0.2, 0.25) is 15.9 Å². The first-order valence-corrected chi connectivity index (χ1v) is 12.5. The molecule has 2 saturated heterocycles. The fourth-order valence-corrected chi connectivity index (χ4v) is 6.37. The molecule has 0 radical (unpaired) electrons. The highest BCUT2D eigenvalue weighted by Crippen LogP contribution is 2.40. The Balaban J connectivity index is 1.48. The van der Waals surface area contributed by atoms with Crippen LogP contribution in [0.1, 0.15) is 12.8 Å². The van der Waals surface area contributed by atoms with Crippen LogP contribution in [0.2, 0.25) is 0 Å². The molecular weight excluding hydrogens is 428 g/mol. The lowest BCUT2D eigenvalue weighted by atomic mass is 10.2. The van der Waals surface area contributed by atoms with Gasteiger partial charge < -0.3 is 19.3 Å². The van der Waals surface area contributed by atoms with Crippen molar-refractivity contribution in [3.05, 3.63) is 12.1 Å². The van der Waals surface area contributed by atoms with Gasteiger partial charge in [-0.15, -0.1) is 0 Å². The summed E-state index contributed by atoms with van der Waals surface area (Å²) >= 11 is 1.54. The summed E-state index contributed by atoms with van der Waals surface area (Å²) in [6.07, 6.45) is 2.48. The molecular formula is C19H26N4O5S2. The zero-order valence-corrected chi connectivity index (χ0v) is 19.0. The molecule has 0 N–H and O–H groups in total. The SMILES string of the molecule is COc1ccc(OC)c2sc(N3CCN(C(=O)C4CCCN4S(C)(=O)=O)CC3)nc12. The van der Waals surface area contributed by atoms with Crippen LogP contribution in [0.4, 0.5) is 5.13 Å². The van der Waals surface area contributed by atoms with Gasteiger partial charge in [-0.1, -0.05) is 11.3 Å². The number of hydrogen-bond donors (Lipinski definition) is 0. The third-order valence-electron chi connectivity index (χ3n) is 5.68. The van der Waals surface area contributed by atoms with Crippen LogP contribution in [0.3, 0.4) is 0 Å². The molecule has 0 saturated carbocycles. The maximum atomic E-state index is 13.0. The number of hydrogen-bond acceptors (Lipinski definition) is 8. The fraction of sp³-hybridized carbons (Fsp3) is 0.579. The Kier molecular flexibility index (Phi) is 5.78. The molecule has 2 fully saturated rings. The number of thiazole rings is 1. The van der Waals surface area contributed by atoms with Crippen LogP contribution in [0.15, 0.2) is 12.1 Å². The Morgan fingerprint density at radius 2 is 1.77 bits per heavy atom. The van der Waals surface area contributed by atoms with Crippen LogP contribution in [-0.2, 0) is 14.8 Å². The Bertz CT molecular complexity index is 1010. The van der Waals surface area contributed by atoms with E-state index in [2.05, 4.69) is 4.90 Å². The first kappa shape index (κ1) is 21.1. The van der Waals surface area contributed by atoms with Crippen molar-refractivity contribution in [2.45, 2.75) is 18.9 Å². The number of piperazine rings is 1. The molecule has 9 nitrogen and oxygen atoms in total. The molecule has 2 aromatic rings. The number of fused-ring (bicyclic) bond motifs is 1. The minimum absolute atomic E-state index is 0.0924. The van der Waals surface area contributed by atoms with Crippen molar-refractivity contribution in [2.24, 2.45) is 0 Å². The number of benzene rings is 1. The van der Waals surface area contributed by atoms with E-state index < -0.39 is 16.1 Å². The number of anilines is 1. The number of rotatable bonds is 5. The third kappa shape index (κ3) is 3.81. The number of amides is 1. The van der Waals surface area contributed by atoms with Crippen molar-refractivity contribution in [3.63, 3.8) is 0 Å². The van der Waals surface area contributed by atoms with Gasteiger partial charge in [-0.3, -0.25) is 4.79 Å². The molecule has 1 atom stereocenters. The van der Waals surface area contributed by atoms with Crippen molar-refractivity contribution in [2.75, 3.05) is 58.1 Å². The van der Waals surface area contributed by atoms with Crippen molar-refractivity contribution < 1.29 is 22.7 Å². The monoisotopic (exact) mass is 454 g/mol. The molecule has 0 spiro atoms. The Labute approximate surface area is 180 Å². The van der Waals surface area contributed by atoms with Crippen LogP contribution in [0, 0.1) is 0 Å². The molecule has 0 bridgehead atoms. The van der Waals surface area contributed by atoms with Crippen LogP contribution < -0.4 is 14.4 Å². The first-order valence-electron chi connectivity index (χ1n) is 9.85. The Morgan fingerprint density at radius 1 is 1.10 bits per heavy atom. The van der Waals surface area contributed by atoms with Gasteiger partial charge in [0.25, 0.3) is 0 Å². The van der Waals surface area contributed by atoms with E-state index in [0.717, 1.165) is 27.5 Å². The number of carbonyl (C=O) groups excluding carboxylic acids is 1. The van der Waals surface area contributed by atoms with E-state index in [4.69, 9.17) is 14.5 Å². The number of sulfonamides is 1. The zero-order chi connectivity index (χ0) is 21.5. The Morgan fingerprint density at radius 3 is 2.40 bits per heavy atom. The van der Waals surface area contributed by atoms with Crippen molar-refractivity contribution in [1.82, 2.24) is 14.2 Å². The summed E-state index contributed by atoms with van der Waals surface area (Å²) in [5.41, 5.74) is 0.769. The molecule has 164 valence electrons. The van der Waals surface area contributed by atoms with E-state index in [1.54, 1.807) is 30.5 Å². The molecule has 2 aliphatic rings. The highest BCUT2D eigenvalue weighted by Gasteiger charge is 2.39. The van der Waals surface area contributed by atoms with E-state index >= 15 is 0 Å². The second-order valence-electron chi connectivity index (χ2n) is 7.49. The molecule has 3 heterocycles. The molecule has 1 amide bonds. The van der Waals surface area contributed by atoms with Crippen molar-refractivity contribution in [3.8, 4) is 11.5 Å². The zero-order valence-electron chi connectivity index (χ0n) is 17.3. The number of nitrogens with zero attached hydrogens (tertiary/aromatic N) is 4. The van der Waals surface area contributed by atoms with Gasteiger partial charge in [-0.25, -0.2) is 13.4 Å². The summed E-state index contributed by atoms with van der Waals surface area (Å²) in [5, 5.41) is 0.860. The van der Waals surface area contributed by atoms with Gasteiger partial charge >= 0.3 is 0 Å². The minimum atomic E-state index is -3.37. The van der Waals surface area contributed by atoms with Crippen LogP contribution in [-0.4, -0.2) is 87.8 Å². The Hall–Kier alpha value is -2.11. The molecule has 2 aliphatic heterocycles. The second-order valence-corrected chi connectivity index (χ2v) is 10.4. The molecule has 1 unspecified atom stereocenters. The normalized spacial score (nSPS) is 20.7. The third-order valence-corrected chi connectivity index (χ3v) is 8.10. The highest BCUT2D eigenvalue weighted by molar-refractivity contribution is 7.88. The maximum Gasteiger partial charge on any atom is 0.241 e. The summed E-state index contributed by atoms with van der Waals surface area (Å²) in [4.78, 5) is 21.6. The minimum Gasteiger partial charge on any atom is -0.495 e. The predicted octanol–water partition coefficient (Wildman–Crippen LogP) is 1.39. The lowest BCUT2D eigenvalue weighted by Crippen LogP contribution is -2.54. The van der Waals surface area contributed by atoms with Gasteiger partial charge in [0, 0.05) is 32.7 Å². The van der Waals surface area contributed by atoms with E-state index in [0.29, 0.717) is 44.9 Å². The molecule has 4 rings (SSSR count). The lowest BCUT2D eigenvalue weighted by molar-refractivity contribution is -0.134. The maximum absolute atomic E-state index is 13.0. The summed E-state index contributed by atoms with van der Waals surface area (Å²) in [7, 11) is -0.123. The lowest BCUT2D eigenvalue weighted by Gasteiger charge is -2.36. The summed E-state index contributed by atoms with van der Waals surface area (Å²) in [5.74, 6) is 1.36. The highest BCUT2D eigenvalue weighted by atomic mass is 32.2. The number of aromatic nitrogens is 1. The van der Waals surface area contributed by atoms with E-state index in [1.807, 2.05) is 12.1 Å². The smallest absolute Gasteiger partial charge is 0.241 e. The molecule has 1 aromatic heterocycles. The average molecular weight is 455 g/mol. The van der Waals surface area contributed by atoms with E-state index in [9.17, 15) is 13.2 Å². The largest absolute Gasteiger partial charge is 0.495 e. The summed E-state index contributed by atoms with van der Waals surface area (Å²) < 4.78 is 37.1. The van der Waals surface area contributed by atoms with Crippen molar-refractivity contribution >= 4 is 42.6 Å². The second kappa shape index (κ2) is 8.20. The number of methoxy groups -OCH3 is 2. The van der Waals surface area contributed by atoms with Gasteiger partial charge in [-0.2, -0.15) is 4.31 Å². The van der Waals surface area contributed by atoms with Gasteiger partial charge in [0.05, 0.1) is 20.5 Å².